The molecule has 0 fully saturated rings. The molecule has 0 saturated heterocycles. The predicted octanol–water partition coefficient (Wildman–Crippen LogP) is 3.91. The van der Waals surface area contributed by atoms with Gasteiger partial charge in [0.25, 0.3) is 0 Å². The fourth-order valence-corrected chi connectivity index (χ4v) is 2.25. The minimum absolute atomic E-state index is 0.171. The summed E-state index contributed by atoms with van der Waals surface area (Å²) in [5.41, 5.74) is 7.22. The number of nitrogens with zero attached hydrogens (tertiary/aromatic N) is 1. The summed E-state index contributed by atoms with van der Waals surface area (Å²) in [6, 6.07) is 10.8. The van der Waals surface area contributed by atoms with Crippen LogP contribution in [-0.4, -0.2) is 14.1 Å². The van der Waals surface area contributed by atoms with E-state index in [0.717, 1.165) is 5.69 Å². The Balaban J connectivity index is 2.31. The monoisotopic (exact) mass is 338 g/mol. The van der Waals surface area contributed by atoms with Gasteiger partial charge in [0.15, 0.2) is 11.6 Å². The van der Waals surface area contributed by atoms with Gasteiger partial charge in [0.1, 0.15) is 5.75 Å². The van der Waals surface area contributed by atoms with Crippen molar-refractivity contribution in [3.05, 3.63) is 52.3 Å². The summed E-state index contributed by atoms with van der Waals surface area (Å²) < 4.78 is 20.1. The lowest BCUT2D eigenvalue weighted by atomic mass is 10.2. The number of hydrogen-bond donors (Lipinski definition) is 1. The van der Waals surface area contributed by atoms with Gasteiger partial charge in [-0.2, -0.15) is 0 Å². The quantitative estimate of drug-likeness (QED) is 0.918. The molecule has 0 unspecified atom stereocenters. The summed E-state index contributed by atoms with van der Waals surface area (Å²) in [5, 5.41) is 0. The van der Waals surface area contributed by atoms with Crippen molar-refractivity contribution >= 4 is 21.6 Å². The molecule has 0 spiro atoms. The van der Waals surface area contributed by atoms with Gasteiger partial charge < -0.3 is 15.4 Å². The lowest BCUT2D eigenvalue weighted by molar-refractivity contribution is 0.439. The Morgan fingerprint density at radius 1 is 1.25 bits per heavy atom. The minimum atomic E-state index is -0.441. The normalized spacial score (nSPS) is 10.4. The van der Waals surface area contributed by atoms with Crippen molar-refractivity contribution in [2.24, 2.45) is 5.73 Å². The second kappa shape index (κ2) is 6.24. The van der Waals surface area contributed by atoms with Gasteiger partial charge in [-0.25, -0.2) is 4.39 Å². The number of halogens is 2. The summed E-state index contributed by atoms with van der Waals surface area (Å²) in [6.07, 6.45) is 0. The van der Waals surface area contributed by atoms with Gasteiger partial charge in [-0.3, -0.25) is 0 Å². The van der Waals surface area contributed by atoms with Gasteiger partial charge in [0.05, 0.1) is 4.47 Å². The van der Waals surface area contributed by atoms with Crippen LogP contribution in [-0.2, 0) is 6.54 Å². The lowest BCUT2D eigenvalue weighted by Gasteiger charge is -2.14. The third kappa shape index (κ3) is 3.11. The van der Waals surface area contributed by atoms with Crippen LogP contribution in [0.25, 0.3) is 0 Å². The molecule has 20 heavy (non-hydrogen) atoms. The first-order chi connectivity index (χ1) is 9.52. The number of anilines is 1. The van der Waals surface area contributed by atoms with Crippen molar-refractivity contribution in [1.82, 2.24) is 0 Å². The molecular weight excluding hydrogens is 323 g/mol. The zero-order valence-corrected chi connectivity index (χ0v) is 12.9. The highest BCUT2D eigenvalue weighted by molar-refractivity contribution is 9.10. The van der Waals surface area contributed by atoms with E-state index < -0.39 is 5.82 Å². The van der Waals surface area contributed by atoms with Crippen LogP contribution in [0.15, 0.2) is 40.9 Å². The van der Waals surface area contributed by atoms with Gasteiger partial charge in [-0.05, 0) is 39.7 Å². The van der Waals surface area contributed by atoms with Crippen molar-refractivity contribution in [1.29, 1.82) is 0 Å². The van der Waals surface area contributed by atoms with E-state index in [-0.39, 0.29) is 12.3 Å². The molecule has 2 rings (SSSR count). The first-order valence-corrected chi connectivity index (χ1v) is 6.94. The molecular formula is C15H16BrFN2O. The maximum atomic E-state index is 14.2. The second-order valence-corrected chi connectivity index (χ2v) is 5.34. The molecule has 0 aliphatic rings. The van der Waals surface area contributed by atoms with Gasteiger partial charge in [0.2, 0.25) is 0 Å². The van der Waals surface area contributed by atoms with Crippen molar-refractivity contribution in [2.45, 2.75) is 6.54 Å². The molecule has 0 aliphatic carbocycles. The Bertz CT molecular complexity index is 617. The van der Waals surface area contributed by atoms with Crippen molar-refractivity contribution in [3.8, 4) is 11.5 Å². The molecule has 0 amide bonds. The smallest absolute Gasteiger partial charge is 0.180 e. The van der Waals surface area contributed by atoms with E-state index in [0.29, 0.717) is 15.8 Å². The number of hydrogen-bond acceptors (Lipinski definition) is 3. The molecule has 0 aliphatic heterocycles. The molecule has 0 aromatic heterocycles. The van der Waals surface area contributed by atoms with Crippen LogP contribution in [0, 0.1) is 5.82 Å². The van der Waals surface area contributed by atoms with Crippen LogP contribution < -0.4 is 15.4 Å². The zero-order chi connectivity index (χ0) is 14.7. The van der Waals surface area contributed by atoms with Crippen LogP contribution >= 0.6 is 15.9 Å². The average Bonchev–Trinajstić information content (AvgIpc) is 2.44. The molecule has 2 N–H and O–H groups in total. The van der Waals surface area contributed by atoms with Gasteiger partial charge in [-0.1, -0.05) is 12.1 Å². The van der Waals surface area contributed by atoms with Gasteiger partial charge in [0, 0.05) is 32.4 Å². The topological polar surface area (TPSA) is 38.5 Å². The van der Waals surface area contributed by atoms with Crippen LogP contribution in [0.3, 0.4) is 0 Å². The summed E-state index contributed by atoms with van der Waals surface area (Å²) in [6.45, 7) is 0.272. The van der Waals surface area contributed by atoms with E-state index >= 15 is 0 Å². The summed E-state index contributed by atoms with van der Waals surface area (Å²) in [7, 11) is 3.87. The molecule has 3 nitrogen and oxygen atoms in total. The molecule has 0 radical (unpaired) electrons. The Kier molecular flexibility index (Phi) is 4.62. The first kappa shape index (κ1) is 14.8. The molecule has 0 heterocycles. The maximum Gasteiger partial charge on any atom is 0.180 e. The van der Waals surface area contributed by atoms with Crippen molar-refractivity contribution in [3.63, 3.8) is 0 Å². The largest absolute Gasteiger partial charge is 0.454 e. The van der Waals surface area contributed by atoms with E-state index in [9.17, 15) is 4.39 Å². The summed E-state index contributed by atoms with van der Waals surface area (Å²) in [4.78, 5) is 1.96. The fourth-order valence-electron chi connectivity index (χ4n) is 1.76. The molecule has 0 bridgehead atoms. The number of rotatable bonds is 4. The average molecular weight is 339 g/mol. The Morgan fingerprint density at radius 3 is 2.65 bits per heavy atom. The maximum absolute atomic E-state index is 14.2. The summed E-state index contributed by atoms with van der Waals surface area (Å²) in [5.74, 6) is 0.315. The molecule has 106 valence electrons. The third-order valence-electron chi connectivity index (χ3n) is 2.91. The highest BCUT2D eigenvalue weighted by atomic mass is 79.9. The van der Waals surface area contributed by atoms with Gasteiger partial charge >= 0.3 is 0 Å². The van der Waals surface area contributed by atoms with E-state index in [2.05, 4.69) is 15.9 Å². The fraction of sp³-hybridized carbons (Fsp3) is 0.200. The molecule has 0 atom stereocenters. The highest BCUT2D eigenvalue weighted by Crippen LogP contribution is 2.32. The molecule has 5 heteroatoms. The molecule has 0 saturated carbocycles. The van der Waals surface area contributed by atoms with Crippen molar-refractivity contribution in [2.75, 3.05) is 19.0 Å². The SMILES string of the molecule is CN(C)c1cccc(Oc2ccc(CN)c(Br)c2F)c1. The van der Waals surface area contributed by atoms with Crippen molar-refractivity contribution < 1.29 is 9.13 Å². The minimum Gasteiger partial charge on any atom is -0.454 e. The second-order valence-electron chi connectivity index (χ2n) is 4.55. The van der Waals surface area contributed by atoms with Gasteiger partial charge in [-0.15, -0.1) is 0 Å². The lowest BCUT2D eigenvalue weighted by Crippen LogP contribution is -2.08. The number of benzene rings is 2. The van der Waals surface area contributed by atoms with Crippen LogP contribution in [0.1, 0.15) is 5.56 Å². The summed E-state index contributed by atoms with van der Waals surface area (Å²) >= 11 is 3.20. The van der Waals surface area contributed by atoms with Crippen LogP contribution in [0.2, 0.25) is 0 Å². The van der Waals surface area contributed by atoms with Crippen LogP contribution in [0.4, 0.5) is 10.1 Å². The first-order valence-electron chi connectivity index (χ1n) is 6.15. The zero-order valence-electron chi connectivity index (χ0n) is 11.4. The highest BCUT2D eigenvalue weighted by Gasteiger charge is 2.12. The number of ether oxygens (including phenoxy) is 1. The number of nitrogens with two attached hydrogens (primary N) is 1. The standard InChI is InChI=1S/C15H16BrFN2O/c1-19(2)11-4-3-5-12(8-11)20-13-7-6-10(9-18)14(16)15(13)17/h3-8H,9,18H2,1-2H3. The molecule has 2 aromatic rings. The van der Waals surface area contributed by atoms with E-state index in [1.807, 2.05) is 37.2 Å². The predicted molar refractivity (Wildman–Crippen MR) is 82.8 cm³/mol. The van der Waals surface area contributed by atoms with E-state index in [4.69, 9.17) is 10.5 Å². The van der Waals surface area contributed by atoms with E-state index in [1.165, 1.54) is 0 Å². The Morgan fingerprint density at radius 2 is 2.00 bits per heavy atom. The molecule has 2 aromatic carbocycles. The Hall–Kier alpha value is -1.59. The Labute approximate surface area is 126 Å². The third-order valence-corrected chi connectivity index (χ3v) is 3.77. The van der Waals surface area contributed by atoms with E-state index in [1.54, 1.807) is 18.2 Å². The van der Waals surface area contributed by atoms with Crippen LogP contribution in [0.5, 0.6) is 11.5 Å².